The van der Waals surface area contributed by atoms with E-state index in [1.165, 1.54) is 29.3 Å². The summed E-state index contributed by atoms with van der Waals surface area (Å²) in [5, 5.41) is 3.13. The minimum absolute atomic E-state index is 0.0772. The van der Waals surface area contributed by atoms with E-state index >= 15 is 0 Å². The van der Waals surface area contributed by atoms with Gasteiger partial charge >= 0.3 is 0 Å². The van der Waals surface area contributed by atoms with Crippen molar-refractivity contribution in [1.29, 1.82) is 0 Å². The van der Waals surface area contributed by atoms with Crippen LogP contribution in [0.2, 0.25) is 0 Å². The fourth-order valence-electron chi connectivity index (χ4n) is 4.26. The Hall–Kier alpha value is -3.54. The number of aromatic nitrogens is 1. The van der Waals surface area contributed by atoms with E-state index < -0.39 is 17.8 Å². The predicted molar refractivity (Wildman–Crippen MR) is 122 cm³/mol. The lowest BCUT2D eigenvalue weighted by atomic mass is 9.97. The number of hydrogen-bond donors (Lipinski definition) is 1. The van der Waals surface area contributed by atoms with Crippen molar-refractivity contribution in [2.75, 3.05) is 4.90 Å². The molecule has 1 aliphatic carbocycles. The van der Waals surface area contributed by atoms with Crippen LogP contribution in [0.3, 0.4) is 0 Å². The predicted octanol–water partition coefficient (Wildman–Crippen LogP) is 4.98. The first kappa shape index (κ1) is 21.7. The second-order valence-corrected chi connectivity index (χ2v) is 8.12. The van der Waals surface area contributed by atoms with Gasteiger partial charge < -0.3 is 5.32 Å². The van der Waals surface area contributed by atoms with E-state index in [9.17, 15) is 14.0 Å². The summed E-state index contributed by atoms with van der Waals surface area (Å²) in [5.41, 5.74) is 2.05. The molecule has 3 aromatic rings. The fraction of sp³-hybridized carbons (Fsp3) is 0.269. The van der Waals surface area contributed by atoms with Gasteiger partial charge in [-0.25, -0.2) is 4.39 Å². The molecule has 1 fully saturated rings. The topological polar surface area (TPSA) is 62.3 Å². The number of rotatable bonds is 6. The third-order valence-electron chi connectivity index (χ3n) is 5.88. The number of hydrogen-bond acceptors (Lipinski definition) is 3. The van der Waals surface area contributed by atoms with Gasteiger partial charge in [0.1, 0.15) is 17.6 Å². The van der Waals surface area contributed by atoms with Crippen molar-refractivity contribution in [2.45, 2.75) is 44.7 Å². The number of pyridine rings is 1. The molecule has 1 unspecified atom stereocenters. The Morgan fingerprint density at radius 1 is 1.03 bits per heavy atom. The second-order valence-electron chi connectivity index (χ2n) is 8.12. The number of nitrogens with one attached hydrogen (secondary N) is 1. The Morgan fingerprint density at radius 2 is 1.78 bits per heavy atom. The minimum atomic E-state index is -0.965. The van der Waals surface area contributed by atoms with Crippen LogP contribution in [-0.4, -0.2) is 22.8 Å². The zero-order chi connectivity index (χ0) is 22.5. The first-order valence-electron chi connectivity index (χ1n) is 10.9. The van der Waals surface area contributed by atoms with Gasteiger partial charge in [-0.1, -0.05) is 49.2 Å². The van der Waals surface area contributed by atoms with Crippen LogP contribution in [-0.2, 0) is 4.79 Å². The zero-order valence-corrected chi connectivity index (χ0v) is 18.0. The van der Waals surface area contributed by atoms with E-state index in [2.05, 4.69) is 10.3 Å². The van der Waals surface area contributed by atoms with Crippen molar-refractivity contribution >= 4 is 17.5 Å². The van der Waals surface area contributed by atoms with E-state index in [4.69, 9.17) is 0 Å². The maximum atomic E-state index is 14.2. The zero-order valence-electron chi connectivity index (χ0n) is 18.0. The van der Waals surface area contributed by atoms with Gasteiger partial charge in [-0.05, 0) is 61.2 Å². The van der Waals surface area contributed by atoms with Crippen molar-refractivity contribution in [3.8, 4) is 0 Å². The molecule has 0 radical (unpaired) electrons. The van der Waals surface area contributed by atoms with E-state index in [-0.39, 0.29) is 17.6 Å². The molecule has 2 aromatic carbocycles. The summed E-state index contributed by atoms with van der Waals surface area (Å²) in [6, 6.07) is 17.4. The lowest BCUT2D eigenvalue weighted by Crippen LogP contribution is -2.46. The van der Waals surface area contributed by atoms with Crippen LogP contribution >= 0.6 is 0 Å². The number of amides is 2. The van der Waals surface area contributed by atoms with Crippen LogP contribution in [0, 0.1) is 12.7 Å². The fourth-order valence-corrected chi connectivity index (χ4v) is 4.26. The van der Waals surface area contributed by atoms with Gasteiger partial charge in [-0.15, -0.1) is 0 Å². The maximum absolute atomic E-state index is 14.2. The van der Waals surface area contributed by atoms with Crippen molar-refractivity contribution in [1.82, 2.24) is 10.3 Å². The SMILES string of the molecule is Cc1ccccc1C(C(=O)NC1CCCC1)N(C(=O)c1ccccn1)c1cccc(F)c1. The Kier molecular flexibility index (Phi) is 6.59. The standard InChI is InChI=1S/C26H26FN3O2/c1-18-9-2-5-14-22(18)24(25(31)29-20-11-3-4-12-20)30(21-13-8-10-19(27)17-21)26(32)23-15-6-7-16-28-23/h2,5-10,13-17,20,24H,3-4,11-12H2,1H3,(H,29,31). The van der Waals surface area contributed by atoms with Gasteiger partial charge in [0.2, 0.25) is 5.91 Å². The molecule has 1 heterocycles. The number of anilines is 1. The molecule has 0 saturated heterocycles. The van der Waals surface area contributed by atoms with E-state index in [1.54, 1.807) is 24.3 Å². The highest BCUT2D eigenvalue weighted by atomic mass is 19.1. The molecule has 6 heteroatoms. The van der Waals surface area contributed by atoms with Crippen LogP contribution in [0.15, 0.2) is 72.9 Å². The number of halogens is 1. The number of carbonyl (C=O) groups excluding carboxylic acids is 2. The van der Waals surface area contributed by atoms with Crippen LogP contribution in [0.25, 0.3) is 0 Å². The van der Waals surface area contributed by atoms with Crippen molar-refractivity contribution in [2.24, 2.45) is 0 Å². The lowest BCUT2D eigenvalue weighted by Gasteiger charge is -2.33. The molecule has 1 atom stereocenters. The van der Waals surface area contributed by atoms with Gasteiger partial charge in [0.15, 0.2) is 0 Å². The molecule has 32 heavy (non-hydrogen) atoms. The summed E-state index contributed by atoms with van der Waals surface area (Å²) in [5.74, 6) is -1.23. The Labute approximate surface area is 187 Å². The highest BCUT2D eigenvalue weighted by Crippen LogP contribution is 2.32. The van der Waals surface area contributed by atoms with E-state index in [1.807, 2.05) is 31.2 Å². The monoisotopic (exact) mass is 431 g/mol. The summed E-state index contributed by atoms with van der Waals surface area (Å²) < 4.78 is 14.2. The molecule has 1 aliphatic rings. The molecule has 0 spiro atoms. The quantitative estimate of drug-likeness (QED) is 0.599. The van der Waals surface area contributed by atoms with Crippen molar-refractivity contribution < 1.29 is 14.0 Å². The molecule has 1 N–H and O–H groups in total. The smallest absolute Gasteiger partial charge is 0.277 e. The van der Waals surface area contributed by atoms with E-state index in [0.29, 0.717) is 11.3 Å². The molecule has 1 saturated carbocycles. The molecule has 1 aromatic heterocycles. The Bertz CT molecular complexity index is 1100. The first-order valence-corrected chi connectivity index (χ1v) is 10.9. The number of nitrogens with zero attached hydrogens (tertiary/aromatic N) is 2. The van der Waals surface area contributed by atoms with Crippen LogP contribution in [0.5, 0.6) is 0 Å². The average molecular weight is 432 g/mol. The van der Waals surface area contributed by atoms with Crippen LogP contribution < -0.4 is 10.2 Å². The highest BCUT2D eigenvalue weighted by Gasteiger charge is 2.36. The summed E-state index contributed by atoms with van der Waals surface area (Å²) in [6.45, 7) is 1.90. The molecule has 4 rings (SSSR count). The largest absolute Gasteiger partial charge is 0.351 e. The maximum Gasteiger partial charge on any atom is 0.277 e. The molecule has 164 valence electrons. The average Bonchev–Trinajstić information content (AvgIpc) is 3.31. The number of aryl methyl sites for hydroxylation is 1. The molecule has 0 aliphatic heterocycles. The molecule has 2 amide bonds. The van der Waals surface area contributed by atoms with Gasteiger partial charge in [0, 0.05) is 17.9 Å². The summed E-state index contributed by atoms with van der Waals surface area (Å²) in [4.78, 5) is 32.9. The van der Waals surface area contributed by atoms with Crippen LogP contribution in [0.1, 0.15) is 53.3 Å². The molecule has 5 nitrogen and oxygen atoms in total. The third-order valence-corrected chi connectivity index (χ3v) is 5.88. The number of benzene rings is 2. The molecule has 0 bridgehead atoms. The van der Waals surface area contributed by atoms with Gasteiger partial charge in [-0.3, -0.25) is 19.5 Å². The van der Waals surface area contributed by atoms with Crippen molar-refractivity contribution in [3.63, 3.8) is 0 Å². The lowest BCUT2D eigenvalue weighted by molar-refractivity contribution is -0.123. The van der Waals surface area contributed by atoms with Gasteiger partial charge in [0.25, 0.3) is 5.91 Å². The van der Waals surface area contributed by atoms with Gasteiger partial charge in [-0.2, -0.15) is 0 Å². The van der Waals surface area contributed by atoms with Crippen molar-refractivity contribution in [3.05, 3.63) is 95.6 Å². The van der Waals surface area contributed by atoms with Crippen LogP contribution in [0.4, 0.5) is 10.1 Å². The minimum Gasteiger partial charge on any atom is -0.351 e. The first-order chi connectivity index (χ1) is 15.5. The third kappa shape index (κ3) is 4.69. The second kappa shape index (κ2) is 9.73. The normalized spacial score (nSPS) is 14.7. The van der Waals surface area contributed by atoms with E-state index in [0.717, 1.165) is 31.2 Å². The summed E-state index contributed by atoms with van der Waals surface area (Å²) in [6.07, 6.45) is 5.50. The summed E-state index contributed by atoms with van der Waals surface area (Å²) in [7, 11) is 0. The number of carbonyl (C=O) groups is 2. The Morgan fingerprint density at radius 3 is 2.47 bits per heavy atom. The van der Waals surface area contributed by atoms with Gasteiger partial charge in [0.05, 0.1) is 0 Å². The molecular weight excluding hydrogens is 405 g/mol. The molecular formula is C26H26FN3O2. The Balaban J connectivity index is 1.84. The summed E-state index contributed by atoms with van der Waals surface area (Å²) >= 11 is 0. The highest BCUT2D eigenvalue weighted by molar-refractivity contribution is 6.09.